The molecule has 0 unspecified atom stereocenters. The lowest BCUT2D eigenvalue weighted by Gasteiger charge is -2.07. The maximum Gasteiger partial charge on any atom is 0.273 e. The van der Waals surface area contributed by atoms with Crippen LogP contribution < -0.4 is 11.3 Å². The fourth-order valence-electron chi connectivity index (χ4n) is 1.49. The van der Waals surface area contributed by atoms with Gasteiger partial charge in [0.1, 0.15) is 0 Å². The van der Waals surface area contributed by atoms with Gasteiger partial charge in [0.15, 0.2) is 0 Å². The van der Waals surface area contributed by atoms with Crippen molar-refractivity contribution in [1.29, 1.82) is 0 Å². The van der Waals surface area contributed by atoms with Crippen molar-refractivity contribution in [2.45, 2.75) is 6.54 Å². The molecule has 0 aliphatic heterocycles. The van der Waals surface area contributed by atoms with Crippen molar-refractivity contribution in [2.75, 3.05) is 5.73 Å². The van der Waals surface area contributed by atoms with E-state index in [9.17, 15) is 4.79 Å². The number of hydrogen-bond acceptors (Lipinski definition) is 2. The summed E-state index contributed by atoms with van der Waals surface area (Å²) in [5.74, 6) is 0. The number of nitrogen functional groups attached to an aromatic ring is 1. The molecule has 0 aliphatic carbocycles. The number of pyridine rings is 1. The van der Waals surface area contributed by atoms with Crippen LogP contribution in [-0.4, -0.2) is 4.57 Å². The van der Waals surface area contributed by atoms with Crippen LogP contribution in [0.15, 0.2) is 47.4 Å². The van der Waals surface area contributed by atoms with E-state index in [2.05, 4.69) is 0 Å². The standard InChI is InChI=1S/C12H11ClN2O/c13-10-5-2-1-4-9(10)8-15-7-3-6-11(14)12(15)16/h1-7H,8,14H2. The van der Waals surface area contributed by atoms with Crippen molar-refractivity contribution in [3.63, 3.8) is 0 Å². The Balaban J connectivity index is 2.39. The Kier molecular flexibility index (Phi) is 2.97. The van der Waals surface area contributed by atoms with Gasteiger partial charge in [0, 0.05) is 11.2 Å². The Morgan fingerprint density at radius 1 is 1.19 bits per heavy atom. The number of benzene rings is 1. The van der Waals surface area contributed by atoms with Crippen molar-refractivity contribution < 1.29 is 0 Å². The number of halogens is 1. The number of hydrogen-bond donors (Lipinski definition) is 1. The van der Waals surface area contributed by atoms with Gasteiger partial charge in [-0.05, 0) is 23.8 Å². The van der Waals surface area contributed by atoms with Crippen molar-refractivity contribution in [3.05, 3.63) is 63.5 Å². The van der Waals surface area contributed by atoms with Gasteiger partial charge in [0.25, 0.3) is 5.56 Å². The molecular formula is C12H11ClN2O. The molecule has 0 saturated carbocycles. The molecule has 16 heavy (non-hydrogen) atoms. The minimum absolute atomic E-state index is 0.192. The molecule has 1 aromatic heterocycles. The molecule has 0 bridgehead atoms. The average molecular weight is 235 g/mol. The van der Waals surface area contributed by atoms with E-state index in [1.165, 1.54) is 4.57 Å². The molecule has 82 valence electrons. The van der Waals surface area contributed by atoms with Crippen molar-refractivity contribution >= 4 is 17.3 Å². The Morgan fingerprint density at radius 3 is 2.69 bits per heavy atom. The lowest BCUT2D eigenvalue weighted by molar-refractivity contribution is 0.762. The third-order valence-corrected chi connectivity index (χ3v) is 2.72. The number of aromatic nitrogens is 1. The molecule has 0 atom stereocenters. The predicted molar refractivity (Wildman–Crippen MR) is 65.7 cm³/mol. The normalized spacial score (nSPS) is 10.3. The summed E-state index contributed by atoms with van der Waals surface area (Å²) in [4.78, 5) is 11.7. The van der Waals surface area contributed by atoms with E-state index in [0.717, 1.165) is 5.56 Å². The maximum absolute atomic E-state index is 11.7. The smallest absolute Gasteiger partial charge is 0.273 e. The molecule has 0 saturated heterocycles. The lowest BCUT2D eigenvalue weighted by Crippen LogP contribution is -2.22. The topological polar surface area (TPSA) is 48.0 Å². The van der Waals surface area contributed by atoms with Crippen LogP contribution in [0.3, 0.4) is 0 Å². The number of nitrogens with two attached hydrogens (primary N) is 1. The van der Waals surface area contributed by atoms with Crippen molar-refractivity contribution in [2.24, 2.45) is 0 Å². The lowest BCUT2D eigenvalue weighted by atomic mass is 10.2. The van der Waals surface area contributed by atoms with E-state index in [0.29, 0.717) is 11.6 Å². The van der Waals surface area contributed by atoms with Gasteiger partial charge >= 0.3 is 0 Å². The Bertz CT molecular complexity index is 563. The third-order valence-electron chi connectivity index (χ3n) is 2.35. The minimum atomic E-state index is -0.192. The second-order valence-corrected chi connectivity index (χ2v) is 3.90. The molecular weight excluding hydrogens is 224 g/mol. The van der Waals surface area contributed by atoms with E-state index in [4.69, 9.17) is 17.3 Å². The Hall–Kier alpha value is -1.74. The van der Waals surface area contributed by atoms with Gasteiger partial charge in [-0.15, -0.1) is 0 Å². The first-order valence-corrected chi connectivity index (χ1v) is 5.24. The molecule has 0 amide bonds. The molecule has 0 fully saturated rings. The van der Waals surface area contributed by atoms with E-state index in [1.807, 2.05) is 18.2 Å². The van der Waals surface area contributed by atoms with E-state index in [1.54, 1.807) is 24.4 Å². The summed E-state index contributed by atoms with van der Waals surface area (Å²) in [6.45, 7) is 0.434. The number of rotatable bonds is 2. The van der Waals surface area contributed by atoms with Crippen LogP contribution in [-0.2, 0) is 6.54 Å². The summed E-state index contributed by atoms with van der Waals surface area (Å²) >= 11 is 6.02. The average Bonchev–Trinajstić information content (AvgIpc) is 2.28. The zero-order chi connectivity index (χ0) is 11.5. The van der Waals surface area contributed by atoms with Gasteiger partial charge in [0.2, 0.25) is 0 Å². The first-order valence-electron chi connectivity index (χ1n) is 4.87. The monoisotopic (exact) mass is 234 g/mol. The highest BCUT2D eigenvalue weighted by Crippen LogP contribution is 2.15. The highest BCUT2D eigenvalue weighted by atomic mass is 35.5. The Morgan fingerprint density at radius 2 is 1.94 bits per heavy atom. The molecule has 0 aliphatic rings. The zero-order valence-corrected chi connectivity index (χ0v) is 9.32. The fourth-order valence-corrected chi connectivity index (χ4v) is 1.69. The van der Waals surface area contributed by atoms with Crippen LogP contribution in [0.2, 0.25) is 5.02 Å². The van der Waals surface area contributed by atoms with Crippen molar-refractivity contribution in [1.82, 2.24) is 4.57 Å². The summed E-state index contributed by atoms with van der Waals surface area (Å²) in [6.07, 6.45) is 1.70. The highest BCUT2D eigenvalue weighted by Gasteiger charge is 2.03. The molecule has 0 spiro atoms. The quantitative estimate of drug-likeness (QED) is 0.866. The van der Waals surface area contributed by atoms with E-state index >= 15 is 0 Å². The van der Waals surface area contributed by atoms with E-state index < -0.39 is 0 Å². The van der Waals surface area contributed by atoms with Gasteiger partial charge in [-0.25, -0.2) is 0 Å². The summed E-state index contributed by atoms with van der Waals surface area (Å²) < 4.78 is 1.54. The van der Waals surface area contributed by atoms with Gasteiger partial charge in [-0.2, -0.15) is 0 Å². The van der Waals surface area contributed by atoms with Crippen LogP contribution >= 0.6 is 11.6 Å². The zero-order valence-electron chi connectivity index (χ0n) is 8.56. The van der Waals surface area contributed by atoms with Gasteiger partial charge in [-0.3, -0.25) is 4.79 Å². The molecule has 2 N–H and O–H groups in total. The van der Waals surface area contributed by atoms with E-state index in [-0.39, 0.29) is 11.2 Å². The summed E-state index contributed by atoms with van der Waals surface area (Å²) in [5, 5.41) is 0.650. The maximum atomic E-state index is 11.7. The van der Waals surface area contributed by atoms with Gasteiger partial charge < -0.3 is 10.3 Å². The number of anilines is 1. The second-order valence-electron chi connectivity index (χ2n) is 3.49. The molecule has 2 rings (SSSR count). The van der Waals surface area contributed by atoms with Crippen LogP contribution in [0.5, 0.6) is 0 Å². The molecule has 2 aromatic rings. The van der Waals surface area contributed by atoms with Crippen LogP contribution in [0.1, 0.15) is 5.56 Å². The first-order chi connectivity index (χ1) is 7.68. The van der Waals surface area contributed by atoms with Crippen molar-refractivity contribution in [3.8, 4) is 0 Å². The van der Waals surface area contributed by atoms with Crippen LogP contribution in [0, 0.1) is 0 Å². The van der Waals surface area contributed by atoms with Gasteiger partial charge in [0.05, 0.1) is 12.2 Å². The predicted octanol–water partition coefficient (Wildman–Crippen LogP) is 2.13. The van der Waals surface area contributed by atoms with Crippen LogP contribution in [0.4, 0.5) is 5.69 Å². The summed E-state index contributed by atoms with van der Waals surface area (Å²) in [5.41, 5.74) is 6.50. The molecule has 3 nitrogen and oxygen atoms in total. The fraction of sp³-hybridized carbons (Fsp3) is 0.0833. The second kappa shape index (κ2) is 4.41. The third kappa shape index (κ3) is 2.09. The number of nitrogens with zero attached hydrogens (tertiary/aromatic N) is 1. The Labute approximate surface area is 98.1 Å². The first kappa shape index (κ1) is 10.8. The molecule has 1 aromatic carbocycles. The highest BCUT2D eigenvalue weighted by molar-refractivity contribution is 6.31. The molecule has 1 heterocycles. The molecule has 0 radical (unpaired) electrons. The summed E-state index contributed by atoms with van der Waals surface area (Å²) in [6, 6.07) is 10.8. The SMILES string of the molecule is Nc1cccn(Cc2ccccc2Cl)c1=O. The minimum Gasteiger partial charge on any atom is -0.394 e. The van der Waals surface area contributed by atoms with Gasteiger partial charge in [-0.1, -0.05) is 29.8 Å². The summed E-state index contributed by atoms with van der Waals surface area (Å²) in [7, 11) is 0. The van der Waals surface area contributed by atoms with Crippen LogP contribution in [0.25, 0.3) is 0 Å². The molecule has 4 heteroatoms. The largest absolute Gasteiger partial charge is 0.394 e.